The number of aryl methyl sites for hydroxylation is 2. The van der Waals surface area contributed by atoms with E-state index in [-0.39, 0.29) is 0 Å². The zero-order valence-electron chi connectivity index (χ0n) is 18.8. The Morgan fingerprint density at radius 1 is 0.857 bits per heavy atom. The summed E-state index contributed by atoms with van der Waals surface area (Å²) in [5.41, 5.74) is 4.29. The maximum Gasteiger partial charge on any atom is 0.435 e. The summed E-state index contributed by atoms with van der Waals surface area (Å²) in [4.78, 5) is 4.56. The molecule has 4 nitrogen and oxygen atoms in total. The molecule has 35 heavy (non-hydrogen) atoms. The van der Waals surface area contributed by atoms with Gasteiger partial charge in [0.25, 0.3) is 0 Å². The first-order valence-corrected chi connectivity index (χ1v) is 11.1. The Hall–Kier alpha value is -3.84. The molecule has 0 atom stereocenters. The first kappa shape index (κ1) is 22.9. The molecule has 0 aliphatic rings. The predicted molar refractivity (Wildman–Crippen MR) is 129 cm³/mol. The summed E-state index contributed by atoms with van der Waals surface area (Å²) in [7, 11) is 0. The fourth-order valence-corrected chi connectivity index (χ4v) is 4.07. The van der Waals surface area contributed by atoms with Crippen molar-refractivity contribution in [2.75, 3.05) is 0 Å². The second kappa shape index (κ2) is 8.74. The van der Waals surface area contributed by atoms with Gasteiger partial charge in [-0.15, -0.1) is 0 Å². The van der Waals surface area contributed by atoms with Crippen molar-refractivity contribution in [3.05, 3.63) is 101 Å². The van der Waals surface area contributed by atoms with Crippen molar-refractivity contribution in [2.45, 2.75) is 20.0 Å². The van der Waals surface area contributed by atoms with Crippen molar-refractivity contribution in [1.82, 2.24) is 14.8 Å². The molecular weight excluding hydrogens is 475 g/mol. The smallest absolute Gasteiger partial charge is 0.435 e. The molecule has 5 rings (SSSR count). The molecule has 2 heterocycles. The van der Waals surface area contributed by atoms with Crippen LogP contribution in [0.1, 0.15) is 17.1 Å². The van der Waals surface area contributed by atoms with Crippen LogP contribution in [0, 0.1) is 13.8 Å². The molecule has 0 amide bonds. The van der Waals surface area contributed by atoms with Gasteiger partial charge in [-0.2, -0.15) is 18.3 Å². The summed E-state index contributed by atoms with van der Waals surface area (Å²) < 4.78 is 47.0. The average Bonchev–Trinajstić information content (AvgIpc) is 3.46. The van der Waals surface area contributed by atoms with Crippen molar-refractivity contribution in [3.8, 4) is 39.4 Å². The van der Waals surface area contributed by atoms with Gasteiger partial charge in [-0.1, -0.05) is 59.6 Å². The third-order valence-corrected chi connectivity index (χ3v) is 5.82. The largest absolute Gasteiger partial charge is 0.440 e. The van der Waals surface area contributed by atoms with Crippen LogP contribution in [0.2, 0.25) is 5.02 Å². The Balaban J connectivity index is 1.74. The highest BCUT2D eigenvalue weighted by molar-refractivity contribution is 6.30. The van der Waals surface area contributed by atoms with Gasteiger partial charge in [0.1, 0.15) is 5.69 Å². The first-order valence-electron chi connectivity index (χ1n) is 10.8. The lowest BCUT2D eigenvalue weighted by atomic mass is 9.97. The number of aromatic nitrogens is 3. The van der Waals surface area contributed by atoms with Crippen LogP contribution in [-0.4, -0.2) is 14.8 Å². The number of hydrogen-bond donors (Lipinski definition) is 0. The number of halogens is 4. The fraction of sp³-hybridized carbons (Fsp3) is 0.111. The van der Waals surface area contributed by atoms with E-state index in [9.17, 15) is 13.2 Å². The predicted octanol–water partition coefficient (Wildman–Crippen LogP) is 8.15. The quantitative estimate of drug-likeness (QED) is 0.254. The van der Waals surface area contributed by atoms with Gasteiger partial charge in [0, 0.05) is 29.3 Å². The molecule has 0 aliphatic heterocycles. The second-order valence-electron chi connectivity index (χ2n) is 8.16. The van der Waals surface area contributed by atoms with Gasteiger partial charge in [-0.3, -0.25) is 0 Å². The normalized spacial score (nSPS) is 11.7. The Morgan fingerprint density at radius 3 is 2.26 bits per heavy atom. The summed E-state index contributed by atoms with van der Waals surface area (Å²) in [5, 5.41) is 4.37. The molecule has 3 aromatic carbocycles. The number of alkyl halides is 3. The van der Waals surface area contributed by atoms with Crippen LogP contribution in [0.3, 0.4) is 0 Å². The first-order chi connectivity index (χ1) is 16.7. The minimum Gasteiger partial charge on any atom is -0.440 e. The molecule has 0 unspecified atom stereocenters. The van der Waals surface area contributed by atoms with Crippen molar-refractivity contribution in [1.29, 1.82) is 0 Å². The minimum absolute atomic E-state index is 0.424. The number of rotatable bonds is 4. The molecule has 0 radical (unpaired) electrons. The van der Waals surface area contributed by atoms with Crippen molar-refractivity contribution in [2.24, 2.45) is 0 Å². The number of oxazole rings is 1. The van der Waals surface area contributed by atoms with E-state index in [2.05, 4.69) is 10.1 Å². The Bertz CT molecular complexity index is 1520. The van der Waals surface area contributed by atoms with Crippen LogP contribution >= 0.6 is 11.6 Å². The lowest BCUT2D eigenvalue weighted by molar-refractivity contribution is -0.141. The van der Waals surface area contributed by atoms with E-state index in [1.54, 1.807) is 25.1 Å². The van der Waals surface area contributed by atoms with Gasteiger partial charge in [0.15, 0.2) is 17.3 Å². The van der Waals surface area contributed by atoms with E-state index in [1.807, 2.05) is 55.5 Å². The van der Waals surface area contributed by atoms with Gasteiger partial charge >= 0.3 is 6.18 Å². The molecule has 0 saturated carbocycles. The summed E-state index contributed by atoms with van der Waals surface area (Å²) in [6, 6.07) is 21.5. The SMILES string of the molecule is Cc1cccc(-c2ccc(-n3ccc(C(F)(F)F)n3)c(-c3oc(C)nc3-c3ccc(Cl)cc3)c2)c1. The Morgan fingerprint density at radius 2 is 1.57 bits per heavy atom. The third-order valence-electron chi connectivity index (χ3n) is 5.57. The van der Waals surface area contributed by atoms with Gasteiger partial charge in [0.2, 0.25) is 0 Å². The van der Waals surface area contributed by atoms with Gasteiger partial charge in [-0.25, -0.2) is 9.67 Å². The van der Waals surface area contributed by atoms with Crippen LogP contribution < -0.4 is 0 Å². The lowest BCUT2D eigenvalue weighted by Gasteiger charge is -2.13. The molecule has 0 spiro atoms. The molecular formula is C27H19ClF3N3O. The number of benzene rings is 3. The lowest BCUT2D eigenvalue weighted by Crippen LogP contribution is -2.07. The summed E-state index contributed by atoms with van der Waals surface area (Å²) in [6.45, 7) is 3.72. The highest BCUT2D eigenvalue weighted by Gasteiger charge is 2.34. The van der Waals surface area contributed by atoms with Gasteiger partial charge in [-0.05, 0) is 48.4 Å². The van der Waals surface area contributed by atoms with E-state index in [4.69, 9.17) is 16.0 Å². The van der Waals surface area contributed by atoms with Crippen LogP contribution in [-0.2, 0) is 6.18 Å². The van der Waals surface area contributed by atoms with Crippen molar-refractivity contribution in [3.63, 3.8) is 0 Å². The minimum atomic E-state index is -4.55. The van der Waals surface area contributed by atoms with Crippen molar-refractivity contribution < 1.29 is 17.6 Å². The summed E-state index contributed by atoms with van der Waals surface area (Å²) in [5.74, 6) is 0.853. The molecule has 2 aromatic heterocycles. The number of hydrogen-bond acceptors (Lipinski definition) is 3. The fourth-order valence-electron chi connectivity index (χ4n) is 3.94. The molecule has 8 heteroatoms. The van der Waals surface area contributed by atoms with Crippen LogP contribution in [0.25, 0.3) is 39.4 Å². The van der Waals surface area contributed by atoms with Crippen LogP contribution in [0.15, 0.2) is 83.4 Å². The van der Waals surface area contributed by atoms with E-state index in [0.29, 0.717) is 33.6 Å². The Kier molecular flexibility index (Phi) is 5.73. The zero-order chi connectivity index (χ0) is 24.7. The zero-order valence-corrected chi connectivity index (χ0v) is 19.5. The third kappa shape index (κ3) is 4.59. The summed E-state index contributed by atoms with van der Waals surface area (Å²) in [6.07, 6.45) is -3.26. The van der Waals surface area contributed by atoms with Gasteiger partial charge in [0.05, 0.1) is 5.69 Å². The van der Waals surface area contributed by atoms with Crippen molar-refractivity contribution >= 4 is 11.6 Å². The average molecular weight is 494 g/mol. The summed E-state index contributed by atoms with van der Waals surface area (Å²) >= 11 is 6.06. The molecule has 0 aliphatic carbocycles. The number of nitrogens with zero attached hydrogens (tertiary/aromatic N) is 3. The highest BCUT2D eigenvalue weighted by atomic mass is 35.5. The van der Waals surface area contributed by atoms with E-state index in [0.717, 1.165) is 28.3 Å². The molecule has 0 saturated heterocycles. The van der Waals surface area contributed by atoms with E-state index >= 15 is 0 Å². The Labute approximate surface area is 204 Å². The van der Waals surface area contributed by atoms with E-state index in [1.165, 1.54) is 10.9 Å². The molecule has 5 aromatic rings. The molecule has 0 bridgehead atoms. The maximum atomic E-state index is 13.3. The second-order valence-corrected chi connectivity index (χ2v) is 8.60. The molecule has 176 valence electrons. The van der Waals surface area contributed by atoms with Crippen LogP contribution in [0.4, 0.5) is 13.2 Å². The van der Waals surface area contributed by atoms with Gasteiger partial charge < -0.3 is 4.42 Å². The van der Waals surface area contributed by atoms with Crippen LogP contribution in [0.5, 0.6) is 0 Å². The highest BCUT2D eigenvalue weighted by Crippen LogP contribution is 2.39. The standard InChI is InChI=1S/C27H19ClF3N3O/c1-16-4-3-5-19(14-16)20-8-11-23(34-13-12-24(33-34)27(29,30)31)22(15-20)26-25(32-17(2)35-26)18-6-9-21(28)10-7-18/h3-15H,1-2H3. The van der Waals surface area contributed by atoms with E-state index < -0.39 is 11.9 Å². The topological polar surface area (TPSA) is 43.9 Å². The maximum absolute atomic E-state index is 13.3. The molecule has 0 fully saturated rings. The molecule has 0 N–H and O–H groups in total. The monoisotopic (exact) mass is 493 g/mol.